The second-order valence-electron chi connectivity index (χ2n) is 3.00. The zero-order chi connectivity index (χ0) is 10.6. The summed E-state index contributed by atoms with van der Waals surface area (Å²) in [5.74, 6) is 0.279. The van der Waals surface area contributed by atoms with Crippen molar-refractivity contribution in [1.82, 2.24) is 14.9 Å². The van der Waals surface area contributed by atoms with Crippen LogP contribution in [0.15, 0.2) is 12.3 Å². The van der Waals surface area contributed by atoms with Crippen molar-refractivity contribution in [3.05, 3.63) is 17.5 Å². The van der Waals surface area contributed by atoms with E-state index in [0.29, 0.717) is 12.4 Å². The molecule has 1 N–H and O–H groups in total. The lowest BCUT2D eigenvalue weighted by Crippen LogP contribution is -2.27. The van der Waals surface area contributed by atoms with Crippen molar-refractivity contribution in [2.24, 2.45) is 0 Å². The van der Waals surface area contributed by atoms with E-state index in [1.165, 1.54) is 6.20 Å². The third-order valence-electron chi connectivity index (χ3n) is 1.35. The lowest BCUT2D eigenvalue weighted by molar-refractivity contribution is -0.116. The van der Waals surface area contributed by atoms with E-state index < -0.39 is 0 Å². The third kappa shape index (κ3) is 3.68. The Balaban J connectivity index is 2.56. The largest absolute Gasteiger partial charge is 0.309 e. The number of nitrogens with zero attached hydrogens (tertiary/aromatic N) is 3. The molecule has 14 heavy (non-hydrogen) atoms. The predicted octanol–water partition coefficient (Wildman–Crippen LogP) is 0.630. The molecule has 0 radical (unpaired) electrons. The number of amides is 1. The molecule has 0 saturated heterocycles. The fraction of sp³-hybridized carbons (Fsp3) is 0.375. The molecule has 0 aromatic carbocycles. The minimum absolute atomic E-state index is 0.118. The first-order valence-electron chi connectivity index (χ1n) is 4.01. The Morgan fingerprint density at radius 2 is 2.36 bits per heavy atom. The van der Waals surface area contributed by atoms with Crippen LogP contribution in [0.1, 0.15) is 0 Å². The Hall–Kier alpha value is -1.20. The Labute approximate surface area is 87.1 Å². The Morgan fingerprint density at radius 1 is 1.64 bits per heavy atom. The number of carbonyl (C=O) groups excluding carboxylic acids is 1. The van der Waals surface area contributed by atoms with Gasteiger partial charge in [-0.25, -0.2) is 9.97 Å². The Morgan fingerprint density at radius 3 is 2.93 bits per heavy atom. The minimum atomic E-state index is -0.134. The molecule has 0 spiro atoms. The minimum Gasteiger partial charge on any atom is -0.309 e. The van der Waals surface area contributed by atoms with E-state index in [1.54, 1.807) is 11.0 Å². The number of carbonyl (C=O) groups is 1. The SMILES string of the molecule is CN(C)CC(=O)Nc1ccnc(Cl)n1. The van der Waals surface area contributed by atoms with E-state index in [2.05, 4.69) is 15.3 Å². The first-order valence-corrected chi connectivity index (χ1v) is 4.39. The van der Waals surface area contributed by atoms with Crippen molar-refractivity contribution in [2.75, 3.05) is 26.0 Å². The molecular weight excluding hydrogens is 204 g/mol. The van der Waals surface area contributed by atoms with Crippen LogP contribution in [0.3, 0.4) is 0 Å². The van der Waals surface area contributed by atoms with E-state index in [0.717, 1.165) is 0 Å². The smallest absolute Gasteiger partial charge is 0.239 e. The Kier molecular flexibility index (Phi) is 3.79. The van der Waals surface area contributed by atoms with Crippen molar-refractivity contribution >= 4 is 23.3 Å². The molecule has 0 aliphatic rings. The highest BCUT2D eigenvalue weighted by molar-refractivity contribution is 6.28. The molecule has 0 aliphatic heterocycles. The van der Waals surface area contributed by atoms with Gasteiger partial charge < -0.3 is 10.2 Å². The van der Waals surface area contributed by atoms with Gasteiger partial charge in [-0.3, -0.25) is 4.79 Å². The van der Waals surface area contributed by atoms with Crippen molar-refractivity contribution in [3.8, 4) is 0 Å². The van der Waals surface area contributed by atoms with Crippen LogP contribution >= 0.6 is 11.6 Å². The maximum absolute atomic E-state index is 11.3. The monoisotopic (exact) mass is 214 g/mol. The predicted molar refractivity (Wildman–Crippen MR) is 54.2 cm³/mol. The molecule has 5 nitrogen and oxygen atoms in total. The third-order valence-corrected chi connectivity index (χ3v) is 1.54. The summed E-state index contributed by atoms with van der Waals surface area (Å²) < 4.78 is 0. The molecule has 76 valence electrons. The van der Waals surface area contributed by atoms with Gasteiger partial charge in [-0.2, -0.15) is 0 Å². The van der Waals surface area contributed by atoms with Gasteiger partial charge in [0.1, 0.15) is 5.82 Å². The highest BCUT2D eigenvalue weighted by Crippen LogP contribution is 2.05. The quantitative estimate of drug-likeness (QED) is 0.750. The number of hydrogen-bond acceptors (Lipinski definition) is 4. The van der Waals surface area contributed by atoms with Gasteiger partial charge in [0.15, 0.2) is 0 Å². The second kappa shape index (κ2) is 4.88. The van der Waals surface area contributed by atoms with E-state index >= 15 is 0 Å². The van der Waals surface area contributed by atoms with Crippen LogP contribution in [0.4, 0.5) is 5.82 Å². The second-order valence-corrected chi connectivity index (χ2v) is 3.33. The van der Waals surface area contributed by atoms with Gasteiger partial charge in [0.25, 0.3) is 0 Å². The summed E-state index contributed by atoms with van der Waals surface area (Å²) >= 11 is 5.55. The zero-order valence-electron chi connectivity index (χ0n) is 7.99. The van der Waals surface area contributed by atoms with Crippen LogP contribution in [-0.2, 0) is 4.79 Å². The highest BCUT2D eigenvalue weighted by Gasteiger charge is 2.04. The summed E-state index contributed by atoms with van der Waals surface area (Å²) in [7, 11) is 3.62. The standard InChI is InChI=1S/C8H11ClN4O/c1-13(2)5-7(14)11-6-3-4-10-8(9)12-6/h3-4H,5H2,1-2H3,(H,10,11,12,14). The zero-order valence-corrected chi connectivity index (χ0v) is 8.75. The molecule has 0 bridgehead atoms. The number of halogens is 1. The van der Waals surface area contributed by atoms with Crippen LogP contribution in [0.25, 0.3) is 0 Å². The van der Waals surface area contributed by atoms with Gasteiger partial charge in [-0.1, -0.05) is 0 Å². The number of nitrogens with one attached hydrogen (secondary N) is 1. The maximum Gasteiger partial charge on any atom is 0.239 e. The fourth-order valence-electron chi connectivity index (χ4n) is 0.874. The van der Waals surface area contributed by atoms with Crippen LogP contribution < -0.4 is 5.32 Å². The van der Waals surface area contributed by atoms with E-state index in [-0.39, 0.29) is 11.2 Å². The molecule has 6 heteroatoms. The Bertz CT molecular complexity index is 329. The molecule has 1 heterocycles. The van der Waals surface area contributed by atoms with E-state index in [4.69, 9.17) is 11.6 Å². The van der Waals surface area contributed by atoms with Crippen LogP contribution in [-0.4, -0.2) is 41.4 Å². The highest BCUT2D eigenvalue weighted by atomic mass is 35.5. The molecule has 0 saturated carbocycles. The molecule has 1 amide bonds. The van der Waals surface area contributed by atoms with E-state index in [9.17, 15) is 4.79 Å². The molecule has 0 unspecified atom stereocenters. The van der Waals surface area contributed by atoms with Crippen LogP contribution in [0, 0.1) is 0 Å². The maximum atomic E-state index is 11.3. The average Bonchev–Trinajstić information content (AvgIpc) is 2.01. The summed E-state index contributed by atoms with van der Waals surface area (Å²) in [6.07, 6.45) is 1.49. The topological polar surface area (TPSA) is 58.1 Å². The summed E-state index contributed by atoms with van der Waals surface area (Å²) in [4.78, 5) is 20.6. The lowest BCUT2D eigenvalue weighted by atomic mass is 10.5. The molecule has 0 aliphatic carbocycles. The first kappa shape index (κ1) is 10.9. The lowest BCUT2D eigenvalue weighted by Gasteiger charge is -2.09. The summed E-state index contributed by atoms with van der Waals surface area (Å²) in [5.41, 5.74) is 0. The number of aromatic nitrogens is 2. The van der Waals surface area contributed by atoms with Gasteiger partial charge in [0.2, 0.25) is 11.2 Å². The molecular formula is C8H11ClN4O. The molecule has 1 rings (SSSR count). The number of likely N-dealkylation sites (N-methyl/N-ethyl adjacent to an activating group) is 1. The fourth-order valence-corrected chi connectivity index (χ4v) is 1.02. The van der Waals surface area contributed by atoms with Crippen molar-refractivity contribution in [1.29, 1.82) is 0 Å². The van der Waals surface area contributed by atoms with Crippen LogP contribution in [0.2, 0.25) is 5.28 Å². The van der Waals surface area contributed by atoms with E-state index in [1.807, 2.05) is 14.1 Å². The molecule has 1 aromatic rings. The van der Waals surface area contributed by atoms with Crippen molar-refractivity contribution in [3.63, 3.8) is 0 Å². The van der Waals surface area contributed by atoms with Gasteiger partial charge in [0.05, 0.1) is 6.54 Å². The average molecular weight is 215 g/mol. The van der Waals surface area contributed by atoms with Crippen molar-refractivity contribution < 1.29 is 4.79 Å². The number of anilines is 1. The molecule has 0 atom stereocenters. The van der Waals surface area contributed by atoms with Gasteiger partial charge in [-0.15, -0.1) is 0 Å². The number of hydrogen-bond donors (Lipinski definition) is 1. The van der Waals surface area contributed by atoms with Crippen molar-refractivity contribution in [2.45, 2.75) is 0 Å². The van der Waals surface area contributed by atoms with Crippen LogP contribution in [0.5, 0.6) is 0 Å². The van der Waals surface area contributed by atoms with Gasteiger partial charge >= 0.3 is 0 Å². The first-order chi connectivity index (χ1) is 6.58. The summed E-state index contributed by atoms with van der Waals surface area (Å²) in [5, 5.41) is 2.72. The van der Waals surface area contributed by atoms with Gasteiger partial charge in [0, 0.05) is 6.20 Å². The summed E-state index contributed by atoms with van der Waals surface area (Å²) in [6.45, 7) is 0.307. The number of rotatable bonds is 3. The van der Waals surface area contributed by atoms with Gasteiger partial charge in [-0.05, 0) is 31.8 Å². The summed E-state index contributed by atoms with van der Waals surface area (Å²) in [6, 6.07) is 1.58. The molecule has 0 fully saturated rings. The molecule has 1 aromatic heterocycles. The normalized spacial score (nSPS) is 10.3.